The van der Waals surface area contributed by atoms with Crippen LogP contribution in [0.5, 0.6) is 5.75 Å². The lowest BCUT2D eigenvalue weighted by Gasteiger charge is -2.28. The molecule has 0 heterocycles. The van der Waals surface area contributed by atoms with Crippen LogP contribution < -0.4 is 0 Å². The third kappa shape index (κ3) is 1.23. The molecule has 0 radical (unpaired) electrons. The van der Waals surface area contributed by atoms with E-state index < -0.39 is 5.60 Å². The van der Waals surface area contributed by atoms with Crippen molar-refractivity contribution >= 4 is 6.08 Å². The van der Waals surface area contributed by atoms with Crippen molar-refractivity contribution in [3.8, 4) is 5.75 Å². The predicted molar refractivity (Wildman–Crippen MR) is 51.3 cm³/mol. The van der Waals surface area contributed by atoms with Crippen molar-refractivity contribution in [2.75, 3.05) is 0 Å². The number of rotatable bonds is 0. The SMILES string of the molecule is CC1(O)CC=Cc2cccc(O)c21. The first kappa shape index (κ1) is 8.32. The molecule has 0 aliphatic heterocycles. The molecule has 0 fully saturated rings. The number of benzene rings is 1. The van der Waals surface area contributed by atoms with E-state index in [1.54, 1.807) is 19.1 Å². The van der Waals surface area contributed by atoms with E-state index in [-0.39, 0.29) is 5.75 Å². The van der Waals surface area contributed by atoms with Crippen molar-refractivity contribution in [2.24, 2.45) is 0 Å². The van der Waals surface area contributed by atoms with Gasteiger partial charge < -0.3 is 10.2 Å². The van der Waals surface area contributed by atoms with E-state index in [0.29, 0.717) is 12.0 Å². The molecule has 2 N–H and O–H groups in total. The maximum Gasteiger partial charge on any atom is 0.122 e. The Balaban J connectivity index is 2.69. The minimum atomic E-state index is -0.935. The standard InChI is InChI=1S/C11H12O2/c1-11(13)7-3-5-8-4-2-6-9(12)10(8)11/h2-6,12-13H,7H2,1H3. The van der Waals surface area contributed by atoms with Crippen LogP contribution in [-0.2, 0) is 5.60 Å². The molecular formula is C11H12O2. The molecule has 2 heteroatoms. The van der Waals surface area contributed by atoms with Gasteiger partial charge in [-0.25, -0.2) is 0 Å². The van der Waals surface area contributed by atoms with E-state index in [2.05, 4.69) is 0 Å². The Morgan fingerprint density at radius 3 is 2.85 bits per heavy atom. The van der Waals surface area contributed by atoms with Crippen LogP contribution in [0.4, 0.5) is 0 Å². The minimum Gasteiger partial charge on any atom is -0.508 e. The Morgan fingerprint density at radius 2 is 2.15 bits per heavy atom. The molecule has 1 aromatic rings. The average Bonchev–Trinajstić information content (AvgIpc) is 2.02. The van der Waals surface area contributed by atoms with Gasteiger partial charge in [-0.2, -0.15) is 0 Å². The lowest BCUT2D eigenvalue weighted by molar-refractivity contribution is 0.0566. The largest absolute Gasteiger partial charge is 0.508 e. The molecular weight excluding hydrogens is 164 g/mol. The van der Waals surface area contributed by atoms with Crippen LogP contribution in [-0.4, -0.2) is 10.2 Å². The number of aromatic hydroxyl groups is 1. The molecule has 13 heavy (non-hydrogen) atoms. The summed E-state index contributed by atoms with van der Waals surface area (Å²) in [4.78, 5) is 0. The van der Waals surface area contributed by atoms with Crippen molar-refractivity contribution in [2.45, 2.75) is 18.9 Å². The summed E-state index contributed by atoms with van der Waals surface area (Å²) in [6, 6.07) is 5.27. The third-order valence-corrected chi connectivity index (χ3v) is 2.43. The molecule has 1 atom stereocenters. The second-order valence-electron chi connectivity index (χ2n) is 3.62. The molecule has 1 unspecified atom stereocenters. The number of hydrogen-bond donors (Lipinski definition) is 2. The second kappa shape index (κ2) is 2.60. The summed E-state index contributed by atoms with van der Waals surface area (Å²) in [7, 11) is 0. The van der Waals surface area contributed by atoms with Gasteiger partial charge in [0, 0.05) is 5.56 Å². The van der Waals surface area contributed by atoms with Gasteiger partial charge in [0.15, 0.2) is 0 Å². The Labute approximate surface area is 77.1 Å². The first-order valence-corrected chi connectivity index (χ1v) is 4.33. The van der Waals surface area contributed by atoms with E-state index in [4.69, 9.17) is 0 Å². The quantitative estimate of drug-likeness (QED) is 0.634. The highest BCUT2D eigenvalue weighted by atomic mass is 16.3. The Morgan fingerprint density at radius 1 is 1.38 bits per heavy atom. The maximum absolute atomic E-state index is 10.00. The molecule has 2 nitrogen and oxygen atoms in total. The second-order valence-corrected chi connectivity index (χ2v) is 3.62. The molecule has 2 rings (SSSR count). The van der Waals surface area contributed by atoms with Gasteiger partial charge in [-0.3, -0.25) is 0 Å². The first-order valence-electron chi connectivity index (χ1n) is 4.33. The average molecular weight is 176 g/mol. The summed E-state index contributed by atoms with van der Waals surface area (Å²) in [6.07, 6.45) is 4.40. The van der Waals surface area contributed by atoms with Crippen molar-refractivity contribution in [1.29, 1.82) is 0 Å². The van der Waals surface area contributed by atoms with Crippen LogP contribution >= 0.6 is 0 Å². The molecule has 1 aromatic carbocycles. The third-order valence-electron chi connectivity index (χ3n) is 2.43. The fourth-order valence-electron chi connectivity index (χ4n) is 1.80. The molecule has 0 saturated carbocycles. The van der Waals surface area contributed by atoms with Crippen LogP contribution in [0.1, 0.15) is 24.5 Å². The van der Waals surface area contributed by atoms with Gasteiger partial charge in [0.25, 0.3) is 0 Å². The van der Waals surface area contributed by atoms with Crippen LogP contribution in [0.15, 0.2) is 24.3 Å². The topological polar surface area (TPSA) is 40.5 Å². The van der Waals surface area contributed by atoms with E-state index >= 15 is 0 Å². The molecule has 68 valence electrons. The first-order chi connectivity index (χ1) is 6.11. The normalized spacial score (nSPS) is 25.7. The van der Waals surface area contributed by atoms with Crippen LogP contribution in [0.25, 0.3) is 6.08 Å². The van der Waals surface area contributed by atoms with Crippen LogP contribution in [0, 0.1) is 0 Å². The smallest absolute Gasteiger partial charge is 0.122 e. The zero-order valence-electron chi connectivity index (χ0n) is 7.49. The van der Waals surface area contributed by atoms with E-state index in [9.17, 15) is 10.2 Å². The van der Waals surface area contributed by atoms with Gasteiger partial charge in [0.2, 0.25) is 0 Å². The molecule has 0 amide bonds. The number of phenolic OH excluding ortho intramolecular Hbond substituents is 1. The fourth-order valence-corrected chi connectivity index (χ4v) is 1.80. The van der Waals surface area contributed by atoms with Crippen molar-refractivity contribution in [3.63, 3.8) is 0 Å². The van der Waals surface area contributed by atoms with Gasteiger partial charge in [-0.1, -0.05) is 24.3 Å². The van der Waals surface area contributed by atoms with E-state index in [1.807, 2.05) is 18.2 Å². The van der Waals surface area contributed by atoms with E-state index in [0.717, 1.165) is 5.56 Å². The van der Waals surface area contributed by atoms with Crippen molar-refractivity contribution < 1.29 is 10.2 Å². The monoisotopic (exact) mass is 176 g/mol. The van der Waals surface area contributed by atoms with Crippen molar-refractivity contribution in [1.82, 2.24) is 0 Å². The highest BCUT2D eigenvalue weighted by molar-refractivity contribution is 5.62. The molecule has 1 aliphatic carbocycles. The number of aliphatic hydroxyl groups is 1. The summed E-state index contributed by atoms with van der Waals surface area (Å²) in [5, 5.41) is 19.6. The van der Waals surface area contributed by atoms with Crippen molar-refractivity contribution in [3.05, 3.63) is 35.4 Å². The zero-order chi connectivity index (χ0) is 9.47. The number of hydrogen-bond acceptors (Lipinski definition) is 2. The molecule has 1 aliphatic rings. The van der Waals surface area contributed by atoms with Crippen LogP contribution in [0.2, 0.25) is 0 Å². The Hall–Kier alpha value is -1.28. The summed E-state index contributed by atoms with van der Waals surface area (Å²) in [6.45, 7) is 1.72. The molecule has 0 saturated heterocycles. The van der Waals surface area contributed by atoms with Gasteiger partial charge in [-0.05, 0) is 25.0 Å². The summed E-state index contributed by atoms with van der Waals surface area (Å²) < 4.78 is 0. The lowest BCUT2D eigenvalue weighted by Crippen LogP contribution is -2.23. The van der Waals surface area contributed by atoms with Gasteiger partial charge in [0.1, 0.15) is 5.75 Å². The van der Waals surface area contributed by atoms with Gasteiger partial charge in [-0.15, -0.1) is 0 Å². The molecule has 0 bridgehead atoms. The van der Waals surface area contributed by atoms with E-state index in [1.165, 1.54) is 0 Å². The minimum absolute atomic E-state index is 0.173. The zero-order valence-corrected chi connectivity index (χ0v) is 7.49. The maximum atomic E-state index is 10.00. The van der Waals surface area contributed by atoms with Crippen LogP contribution in [0.3, 0.4) is 0 Å². The number of phenols is 1. The number of fused-ring (bicyclic) bond motifs is 1. The Kier molecular flexibility index (Phi) is 1.67. The van der Waals surface area contributed by atoms with Gasteiger partial charge in [0.05, 0.1) is 5.60 Å². The van der Waals surface area contributed by atoms with Gasteiger partial charge >= 0.3 is 0 Å². The molecule has 0 spiro atoms. The summed E-state index contributed by atoms with van der Waals surface area (Å²) in [5.41, 5.74) is 0.601. The fraction of sp³-hybridized carbons (Fsp3) is 0.273. The summed E-state index contributed by atoms with van der Waals surface area (Å²) in [5.74, 6) is 0.173. The predicted octanol–water partition coefficient (Wildman–Crippen LogP) is 2.02. The Bertz CT molecular complexity index is 364. The highest BCUT2D eigenvalue weighted by Gasteiger charge is 2.29. The molecule has 0 aromatic heterocycles. The lowest BCUT2D eigenvalue weighted by atomic mass is 9.84. The summed E-state index contributed by atoms with van der Waals surface area (Å²) >= 11 is 0. The highest BCUT2D eigenvalue weighted by Crippen LogP contribution is 2.38.